The fraction of sp³-hybridized carbons (Fsp3) is 0.214. The third kappa shape index (κ3) is 3.55. The zero-order valence-corrected chi connectivity index (χ0v) is 21.4. The molecule has 3 aromatic heterocycles. The minimum atomic E-state index is -0.124. The van der Waals surface area contributed by atoms with Gasteiger partial charge >= 0.3 is 0 Å². The molecule has 1 aliphatic carbocycles. The van der Waals surface area contributed by atoms with Crippen molar-refractivity contribution in [1.82, 2.24) is 39.7 Å². The van der Waals surface area contributed by atoms with Crippen LogP contribution < -0.4 is 10.9 Å². The van der Waals surface area contributed by atoms with Crippen molar-refractivity contribution in [2.45, 2.75) is 31.2 Å². The molecule has 1 fully saturated rings. The van der Waals surface area contributed by atoms with Crippen LogP contribution in [0.1, 0.15) is 41.9 Å². The Morgan fingerprint density at radius 2 is 2.03 bits per heavy atom. The third-order valence-corrected chi connectivity index (χ3v) is 8.20. The number of fused-ring (bicyclic) bond motifs is 4. The van der Waals surface area contributed by atoms with Gasteiger partial charge in [0.15, 0.2) is 0 Å². The fourth-order valence-electron chi connectivity index (χ4n) is 6.04. The summed E-state index contributed by atoms with van der Waals surface area (Å²) in [7, 11) is 0. The lowest BCUT2D eigenvalue weighted by Crippen LogP contribution is -2.27. The molecule has 0 spiro atoms. The quantitative estimate of drug-likeness (QED) is 0.347. The number of benzene rings is 2. The number of aromatic amines is 1. The van der Waals surface area contributed by atoms with Crippen LogP contribution in [-0.2, 0) is 6.42 Å². The number of hydrogen-bond donors (Lipinski definition) is 2. The SMILES string of the molecule is C=C1CCc2cc(-c3ncc(C4C5CC5c5nc(-c6cc(Cl)ccc6-n6cnnn6)cc(=O)n54)[nH]3)ccc2N1. The second-order valence-electron chi connectivity index (χ2n) is 10.4. The Morgan fingerprint density at radius 1 is 1.10 bits per heavy atom. The molecule has 39 heavy (non-hydrogen) atoms. The van der Waals surface area contributed by atoms with Gasteiger partial charge < -0.3 is 10.3 Å². The lowest BCUT2D eigenvalue weighted by Gasteiger charge is -2.20. The average Bonchev–Trinajstić information content (AvgIpc) is 3.28. The molecule has 192 valence electrons. The summed E-state index contributed by atoms with van der Waals surface area (Å²) in [5, 5.41) is 15.4. The van der Waals surface area contributed by atoms with Gasteiger partial charge in [0.05, 0.1) is 29.3 Å². The maximum Gasteiger partial charge on any atom is 0.254 e. The van der Waals surface area contributed by atoms with Crippen LogP contribution in [0.5, 0.6) is 0 Å². The van der Waals surface area contributed by atoms with Crippen molar-refractivity contribution in [2.24, 2.45) is 5.92 Å². The molecule has 2 aromatic carbocycles. The van der Waals surface area contributed by atoms with Crippen LogP contribution in [0.4, 0.5) is 5.69 Å². The molecular weight excluding hydrogens is 514 g/mol. The highest BCUT2D eigenvalue weighted by atomic mass is 35.5. The zero-order valence-electron chi connectivity index (χ0n) is 20.7. The minimum absolute atomic E-state index is 0.105. The van der Waals surface area contributed by atoms with Crippen LogP contribution in [0.25, 0.3) is 28.3 Å². The second-order valence-corrected chi connectivity index (χ2v) is 10.8. The van der Waals surface area contributed by atoms with E-state index in [0.717, 1.165) is 53.6 Å². The Hall–Kier alpha value is -4.57. The van der Waals surface area contributed by atoms with Gasteiger partial charge in [-0.1, -0.05) is 18.2 Å². The van der Waals surface area contributed by atoms with Gasteiger partial charge in [-0.15, -0.1) is 5.10 Å². The summed E-state index contributed by atoms with van der Waals surface area (Å²) >= 11 is 6.33. The number of hydrogen-bond acceptors (Lipinski definition) is 7. The first kappa shape index (κ1) is 22.4. The van der Waals surface area contributed by atoms with Gasteiger partial charge in [-0.05, 0) is 77.6 Å². The largest absolute Gasteiger partial charge is 0.359 e. The van der Waals surface area contributed by atoms with E-state index in [0.29, 0.717) is 27.9 Å². The Kier molecular flexibility index (Phi) is 4.72. The van der Waals surface area contributed by atoms with E-state index in [1.165, 1.54) is 11.9 Å². The molecule has 5 heterocycles. The van der Waals surface area contributed by atoms with Crippen LogP contribution >= 0.6 is 11.6 Å². The van der Waals surface area contributed by atoms with Crippen molar-refractivity contribution >= 4 is 17.3 Å². The smallest absolute Gasteiger partial charge is 0.254 e. The van der Waals surface area contributed by atoms with Crippen molar-refractivity contribution in [3.8, 4) is 28.3 Å². The number of nitrogens with one attached hydrogen (secondary N) is 2. The van der Waals surface area contributed by atoms with Crippen LogP contribution in [0, 0.1) is 5.92 Å². The Labute approximate surface area is 227 Å². The van der Waals surface area contributed by atoms with Crippen molar-refractivity contribution in [2.75, 3.05) is 5.32 Å². The van der Waals surface area contributed by atoms with Gasteiger partial charge in [0.2, 0.25) is 0 Å². The van der Waals surface area contributed by atoms with E-state index < -0.39 is 0 Å². The predicted molar refractivity (Wildman–Crippen MR) is 146 cm³/mol. The number of nitrogens with zero attached hydrogens (tertiary/aromatic N) is 7. The summed E-state index contributed by atoms with van der Waals surface area (Å²) in [6.07, 6.45) is 6.22. The van der Waals surface area contributed by atoms with Gasteiger partial charge in [0.25, 0.3) is 5.56 Å². The molecule has 0 radical (unpaired) electrons. The lowest BCUT2D eigenvalue weighted by molar-refractivity contribution is 0.522. The molecule has 0 saturated heterocycles. The molecule has 2 N–H and O–H groups in total. The number of allylic oxidation sites excluding steroid dienone is 1. The van der Waals surface area contributed by atoms with Gasteiger partial charge in [0, 0.05) is 39.5 Å². The van der Waals surface area contributed by atoms with Gasteiger partial charge in [0.1, 0.15) is 18.0 Å². The molecule has 1 saturated carbocycles. The van der Waals surface area contributed by atoms with E-state index in [2.05, 4.69) is 50.6 Å². The number of halogens is 1. The monoisotopic (exact) mass is 535 g/mol. The Bertz CT molecular complexity index is 1860. The highest BCUT2D eigenvalue weighted by Gasteiger charge is 2.55. The number of rotatable bonds is 4. The summed E-state index contributed by atoms with van der Waals surface area (Å²) in [4.78, 5) is 26.8. The molecule has 10 nitrogen and oxygen atoms in total. The summed E-state index contributed by atoms with van der Waals surface area (Å²) in [5.74, 6) is 2.13. The summed E-state index contributed by atoms with van der Waals surface area (Å²) in [5.41, 5.74) is 7.19. The van der Waals surface area contributed by atoms with Crippen molar-refractivity contribution in [3.63, 3.8) is 0 Å². The number of H-pyrrole nitrogens is 1. The maximum atomic E-state index is 13.6. The molecule has 3 unspecified atom stereocenters. The first-order valence-corrected chi connectivity index (χ1v) is 13.2. The Balaban J connectivity index is 1.17. The normalized spacial score (nSPS) is 20.7. The number of aromatic nitrogens is 8. The molecule has 0 bridgehead atoms. The summed E-state index contributed by atoms with van der Waals surface area (Å²) in [6.45, 7) is 4.04. The lowest BCUT2D eigenvalue weighted by atomic mass is 9.99. The molecule has 5 aromatic rings. The standard InChI is InChI=1S/C28H22ClN9O/c1-14-2-3-15-8-16(4-6-21(15)32-14)27-30-12-23(33-27)26-18-10-19(18)28-34-22(11-25(39)38(26)28)20-9-17(29)5-7-24(20)37-13-31-35-36-37/h4-9,11-13,18-19,26,32H,1-3,10H2,(H,30,33). The van der Waals surface area contributed by atoms with Crippen LogP contribution in [0.2, 0.25) is 5.02 Å². The summed E-state index contributed by atoms with van der Waals surface area (Å²) in [6, 6.07) is 13.1. The first-order chi connectivity index (χ1) is 19.0. The molecule has 3 atom stereocenters. The van der Waals surface area contributed by atoms with Gasteiger partial charge in [-0.25, -0.2) is 9.97 Å². The second kappa shape index (κ2) is 8.21. The van der Waals surface area contributed by atoms with E-state index in [9.17, 15) is 4.79 Å². The highest BCUT2D eigenvalue weighted by molar-refractivity contribution is 6.31. The van der Waals surface area contributed by atoms with E-state index >= 15 is 0 Å². The molecule has 3 aliphatic rings. The van der Waals surface area contributed by atoms with Crippen molar-refractivity contribution in [1.29, 1.82) is 0 Å². The predicted octanol–water partition coefficient (Wildman–Crippen LogP) is 4.51. The van der Waals surface area contributed by atoms with E-state index in [4.69, 9.17) is 21.6 Å². The topological polar surface area (TPSA) is 119 Å². The average molecular weight is 536 g/mol. The van der Waals surface area contributed by atoms with E-state index in [-0.39, 0.29) is 17.5 Å². The van der Waals surface area contributed by atoms with Crippen LogP contribution in [-0.4, -0.2) is 39.7 Å². The summed E-state index contributed by atoms with van der Waals surface area (Å²) < 4.78 is 3.36. The maximum absolute atomic E-state index is 13.6. The minimum Gasteiger partial charge on any atom is -0.359 e. The number of imidazole rings is 1. The van der Waals surface area contributed by atoms with Crippen LogP contribution in [0.3, 0.4) is 0 Å². The van der Waals surface area contributed by atoms with Gasteiger partial charge in [-0.3, -0.25) is 9.36 Å². The third-order valence-electron chi connectivity index (χ3n) is 7.97. The van der Waals surface area contributed by atoms with E-state index in [1.54, 1.807) is 22.9 Å². The molecular formula is C28H22ClN9O. The van der Waals surface area contributed by atoms with Crippen LogP contribution in [0.15, 0.2) is 72.1 Å². The van der Waals surface area contributed by atoms with Gasteiger partial charge in [-0.2, -0.15) is 4.68 Å². The van der Waals surface area contributed by atoms with E-state index in [1.807, 2.05) is 16.8 Å². The molecule has 11 heteroatoms. The number of aryl methyl sites for hydroxylation is 1. The zero-order chi connectivity index (χ0) is 26.2. The number of tetrazole rings is 1. The number of anilines is 1. The van der Waals surface area contributed by atoms with Crippen molar-refractivity contribution in [3.05, 3.63) is 99.7 Å². The first-order valence-electron chi connectivity index (χ1n) is 12.8. The Morgan fingerprint density at radius 3 is 2.90 bits per heavy atom. The fourth-order valence-corrected chi connectivity index (χ4v) is 6.21. The molecule has 0 amide bonds. The molecule has 8 rings (SSSR count). The van der Waals surface area contributed by atoms with Crippen molar-refractivity contribution < 1.29 is 0 Å². The highest BCUT2D eigenvalue weighted by Crippen LogP contribution is 2.60. The molecule has 2 aliphatic heterocycles.